The second kappa shape index (κ2) is 6.33. The van der Waals surface area contributed by atoms with Crippen LogP contribution in [0.3, 0.4) is 0 Å². The number of tetrazole rings is 1. The number of aromatic nitrogens is 4. The lowest BCUT2D eigenvalue weighted by molar-refractivity contribution is -0.137. The van der Waals surface area contributed by atoms with E-state index in [1.54, 1.807) is 38.1 Å². The number of nitrogens with zero attached hydrogens (tertiary/aromatic N) is 4. The highest BCUT2D eigenvalue weighted by Gasteiger charge is 2.22. The first-order valence-corrected chi connectivity index (χ1v) is 6.75. The molecule has 22 heavy (non-hydrogen) atoms. The summed E-state index contributed by atoms with van der Waals surface area (Å²) in [6.45, 7) is 3.58. The molecule has 0 fully saturated rings. The van der Waals surface area contributed by atoms with Crippen LogP contribution in [0.4, 0.5) is 0 Å². The molecular weight excluding hydrogens is 286 g/mol. The van der Waals surface area contributed by atoms with E-state index in [9.17, 15) is 9.59 Å². The highest BCUT2D eigenvalue weighted by molar-refractivity contribution is 5.95. The van der Waals surface area contributed by atoms with Crippen LogP contribution in [0.25, 0.3) is 5.69 Å². The van der Waals surface area contributed by atoms with Crippen molar-refractivity contribution in [3.63, 3.8) is 0 Å². The Morgan fingerprint density at radius 2 is 2.14 bits per heavy atom. The number of hydrogen-bond acceptors (Lipinski definition) is 5. The highest BCUT2D eigenvalue weighted by atomic mass is 16.4. The normalized spacial score (nSPS) is 11.2. The van der Waals surface area contributed by atoms with Crippen LogP contribution in [0.15, 0.2) is 30.6 Å². The molecule has 2 aromatic rings. The molecule has 0 aliphatic carbocycles. The minimum atomic E-state index is -0.886. The molecule has 0 saturated carbocycles. The first-order valence-electron chi connectivity index (χ1n) is 6.75. The third-order valence-corrected chi connectivity index (χ3v) is 3.14. The van der Waals surface area contributed by atoms with Gasteiger partial charge in [0.1, 0.15) is 6.33 Å². The number of rotatable bonds is 6. The standard InChI is InChI=1S/C14H17N5O3/c1-14(2,7-6-12(20)21)16-13(22)10-4-3-5-11(8-10)19-9-15-17-18-19/h3-5,8-9H,6-7H2,1-2H3,(H,16,22)(H,20,21). The maximum atomic E-state index is 12.3. The summed E-state index contributed by atoms with van der Waals surface area (Å²) in [6, 6.07) is 6.86. The van der Waals surface area contributed by atoms with Crippen molar-refractivity contribution in [1.82, 2.24) is 25.5 Å². The Morgan fingerprint density at radius 1 is 1.36 bits per heavy atom. The molecule has 0 atom stereocenters. The molecular formula is C14H17N5O3. The summed E-state index contributed by atoms with van der Waals surface area (Å²) in [5.74, 6) is -1.16. The van der Waals surface area contributed by atoms with E-state index in [0.29, 0.717) is 17.7 Å². The number of carboxylic acid groups (broad SMARTS) is 1. The maximum absolute atomic E-state index is 12.3. The van der Waals surface area contributed by atoms with Crippen LogP contribution >= 0.6 is 0 Å². The van der Waals surface area contributed by atoms with Gasteiger partial charge >= 0.3 is 5.97 Å². The average molecular weight is 303 g/mol. The van der Waals surface area contributed by atoms with Crippen molar-refractivity contribution in [2.24, 2.45) is 0 Å². The third-order valence-electron chi connectivity index (χ3n) is 3.14. The van der Waals surface area contributed by atoms with Crippen molar-refractivity contribution in [3.05, 3.63) is 36.2 Å². The third kappa shape index (κ3) is 4.11. The summed E-state index contributed by atoms with van der Waals surface area (Å²) in [7, 11) is 0. The topological polar surface area (TPSA) is 110 Å². The van der Waals surface area contributed by atoms with E-state index in [1.165, 1.54) is 11.0 Å². The van der Waals surface area contributed by atoms with Gasteiger partial charge in [-0.25, -0.2) is 4.68 Å². The molecule has 1 heterocycles. The van der Waals surface area contributed by atoms with Crippen LogP contribution in [-0.2, 0) is 4.79 Å². The Morgan fingerprint density at radius 3 is 2.77 bits per heavy atom. The van der Waals surface area contributed by atoms with Crippen LogP contribution in [0.5, 0.6) is 0 Å². The van der Waals surface area contributed by atoms with Crippen LogP contribution < -0.4 is 5.32 Å². The summed E-state index contributed by atoms with van der Waals surface area (Å²) >= 11 is 0. The van der Waals surface area contributed by atoms with Crippen molar-refractivity contribution in [2.75, 3.05) is 0 Å². The van der Waals surface area contributed by atoms with Crippen molar-refractivity contribution >= 4 is 11.9 Å². The van der Waals surface area contributed by atoms with Gasteiger partial charge in [-0.2, -0.15) is 0 Å². The van der Waals surface area contributed by atoms with Crippen molar-refractivity contribution in [1.29, 1.82) is 0 Å². The fourth-order valence-corrected chi connectivity index (χ4v) is 1.93. The monoisotopic (exact) mass is 303 g/mol. The van der Waals surface area contributed by atoms with Gasteiger partial charge in [-0.05, 0) is 48.9 Å². The second-order valence-electron chi connectivity index (χ2n) is 5.54. The summed E-state index contributed by atoms with van der Waals surface area (Å²) in [5.41, 5.74) is 0.512. The number of benzene rings is 1. The molecule has 0 aliphatic rings. The lowest BCUT2D eigenvalue weighted by Crippen LogP contribution is -2.43. The fourth-order valence-electron chi connectivity index (χ4n) is 1.93. The van der Waals surface area contributed by atoms with E-state index in [2.05, 4.69) is 20.8 Å². The molecule has 0 spiro atoms. The van der Waals surface area contributed by atoms with E-state index < -0.39 is 11.5 Å². The number of carboxylic acids is 1. The van der Waals surface area contributed by atoms with Crippen molar-refractivity contribution in [2.45, 2.75) is 32.2 Å². The van der Waals surface area contributed by atoms with Crippen LogP contribution in [-0.4, -0.2) is 42.7 Å². The lowest BCUT2D eigenvalue weighted by atomic mass is 9.97. The Hall–Kier alpha value is -2.77. The molecule has 0 saturated heterocycles. The zero-order valence-corrected chi connectivity index (χ0v) is 12.4. The van der Waals surface area contributed by atoms with Gasteiger partial charge in [-0.1, -0.05) is 6.07 Å². The van der Waals surface area contributed by atoms with Gasteiger partial charge in [0, 0.05) is 17.5 Å². The van der Waals surface area contributed by atoms with E-state index in [0.717, 1.165) is 0 Å². The van der Waals surface area contributed by atoms with Crippen LogP contribution in [0.1, 0.15) is 37.0 Å². The van der Waals surface area contributed by atoms with E-state index in [1.807, 2.05) is 0 Å². The number of hydrogen-bond donors (Lipinski definition) is 2. The van der Waals surface area contributed by atoms with E-state index in [-0.39, 0.29) is 12.3 Å². The summed E-state index contributed by atoms with van der Waals surface area (Å²) in [6.07, 6.45) is 1.78. The second-order valence-corrected chi connectivity index (χ2v) is 5.54. The number of aliphatic carboxylic acids is 1. The minimum absolute atomic E-state index is 0.00204. The largest absolute Gasteiger partial charge is 0.481 e. The molecule has 1 amide bonds. The van der Waals surface area contributed by atoms with Crippen LogP contribution in [0.2, 0.25) is 0 Å². The predicted molar refractivity (Wildman–Crippen MR) is 77.6 cm³/mol. The van der Waals surface area contributed by atoms with Gasteiger partial charge < -0.3 is 10.4 Å². The Bertz CT molecular complexity index is 667. The molecule has 2 rings (SSSR count). The molecule has 2 N–H and O–H groups in total. The molecule has 0 radical (unpaired) electrons. The fraction of sp³-hybridized carbons (Fsp3) is 0.357. The first-order chi connectivity index (χ1) is 10.4. The van der Waals surface area contributed by atoms with Gasteiger partial charge in [-0.3, -0.25) is 9.59 Å². The van der Waals surface area contributed by atoms with Crippen molar-refractivity contribution < 1.29 is 14.7 Å². The number of carbonyl (C=O) groups is 2. The molecule has 0 bridgehead atoms. The molecule has 8 heteroatoms. The summed E-state index contributed by atoms with van der Waals surface area (Å²) < 4.78 is 1.45. The average Bonchev–Trinajstić information content (AvgIpc) is 2.99. The Labute approximate surface area is 127 Å². The molecule has 0 unspecified atom stereocenters. The van der Waals surface area contributed by atoms with Crippen molar-refractivity contribution in [3.8, 4) is 5.69 Å². The first kappa shape index (κ1) is 15.6. The molecule has 1 aromatic heterocycles. The zero-order chi connectivity index (χ0) is 16.2. The molecule has 0 aliphatic heterocycles. The maximum Gasteiger partial charge on any atom is 0.303 e. The summed E-state index contributed by atoms with van der Waals surface area (Å²) in [4.78, 5) is 23.0. The van der Waals surface area contributed by atoms with Gasteiger partial charge in [0.25, 0.3) is 5.91 Å². The summed E-state index contributed by atoms with van der Waals surface area (Å²) in [5, 5.41) is 22.4. The van der Waals surface area contributed by atoms with Gasteiger partial charge in [0.2, 0.25) is 0 Å². The smallest absolute Gasteiger partial charge is 0.303 e. The zero-order valence-electron chi connectivity index (χ0n) is 12.4. The van der Waals surface area contributed by atoms with E-state index >= 15 is 0 Å². The molecule has 116 valence electrons. The SMILES string of the molecule is CC(C)(CCC(=O)O)NC(=O)c1cccc(-n2cnnn2)c1. The van der Waals surface area contributed by atoms with Gasteiger partial charge in [0.05, 0.1) is 5.69 Å². The van der Waals surface area contributed by atoms with Crippen LogP contribution in [0, 0.1) is 0 Å². The number of amides is 1. The molecule has 8 nitrogen and oxygen atoms in total. The molecule has 1 aromatic carbocycles. The quantitative estimate of drug-likeness (QED) is 0.825. The predicted octanol–water partition coefficient (Wildman–Crippen LogP) is 1.04. The van der Waals surface area contributed by atoms with Gasteiger partial charge in [0.15, 0.2) is 0 Å². The minimum Gasteiger partial charge on any atom is -0.481 e. The van der Waals surface area contributed by atoms with E-state index in [4.69, 9.17) is 5.11 Å². The van der Waals surface area contributed by atoms with Gasteiger partial charge in [-0.15, -0.1) is 5.10 Å². The number of carbonyl (C=O) groups excluding carboxylic acids is 1. The highest BCUT2D eigenvalue weighted by Crippen LogP contribution is 2.14. The Balaban J connectivity index is 2.09. The Kier molecular flexibility index (Phi) is 4.50. The number of nitrogens with one attached hydrogen (secondary N) is 1. The lowest BCUT2D eigenvalue weighted by Gasteiger charge is -2.25.